The van der Waals surface area contributed by atoms with Gasteiger partial charge in [0.1, 0.15) is 0 Å². The van der Waals surface area contributed by atoms with Crippen molar-refractivity contribution in [2.24, 2.45) is 5.73 Å². The van der Waals surface area contributed by atoms with Crippen molar-refractivity contribution in [2.75, 3.05) is 12.3 Å². The number of carbonyl (C=O) groups is 1. The number of hydrogen-bond acceptors (Lipinski definition) is 3. The van der Waals surface area contributed by atoms with E-state index in [9.17, 15) is 4.79 Å². The number of rotatable bonds is 3. The lowest BCUT2D eigenvalue weighted by Gasteiger charge is -2.23. The number of hydrogen-bond donors (Lipinski definition) is 2. The maximum absolute atomic E-state index is 11.6. The zero-order valence-corrected chi connectivity index (χ0v) is 10.7. The molecule has 0 aromatic rings. The first-order chi connectivity index (χ1) is 6.54. The molecule has 15 heavy (non-hydrogen) atoms. The van der Waals surface area contributed by atoms with Gasteiger partial charge in [0.15, 0.2) is 0 Å². The number of nitrogens with two attached hydrogens (primary N) is 1. The molecule has 3 nitrogen and oxygen atoms in total. The summed E-state index contributed by atoms with van der Waals surface area (Å²) in [6, 6.07) is 0. The minimum Gasteiger partial charge on any atom is -0.353 e. The molecule has 1 saturated carbocycles. The maximum Gasteiger partial charge on any atom is 0.240 e. The van der Waals surface area contributed by atoms with Crippen LogP contribution < -0.4 is 11.1 Å². The third kappa shape index (κ3) is 3.02. The summed E-state index contributed by atoms with van der Waals surface area (Å²) >= 11 is 1.96. The third-order valence-electron chi connectivity index (χ3n) is 3.16. The summed E-state index contributed by atoms with van der Waals surface area (Å²) < 4.78 is 0.251. The van der Waals surface area contributed by atoms with Crippen LogP contribution in [0.1, 0.15) is 32.6 Å². The zero-order valence-electron chi connectivity index (χ0n) is 9.04. The Kier molecular flexibility index (Phi) is 3.95. The van der Waals surface area contributed by atoms with E-state index in [0.29, 0.717) is 0 Å². The quantitative estimate of drug-likeness (QED) is 0.794. The van der Waals surface area contributed by atoms with Crippen LogP contribution in [0.4, 0.5) is 0 Å². The molecule has 0 aromatic heterocycles. The topological polar surface area (TPSA) is 55.1 Å². The Morgan fingerprint density at radius 1 is 1.47 bits per heavy atom. The molecular formula is C10H19ClN2OS. The number of halogens is 1. The van der Waals surface area contributed by atoms with Gasteiger partial charge in [-0.15, -0.1) is 12.4 Å². The maximum atomic E-state index is 11.6. The predicted molar refractivity (Wildman–Crippen MR) is 66.5 cm³/mol. The Balaban J connectivity index is 0.00000112. The molecule has 1 saturated heterocycles. The Morgan fingerprint density at radius 3 is 2.60 bits per heavy atom. The molecule has 2 fully saturated rings. The molecule has 1 amide bonds. The second-order valence-corrected chi connectivity index (χ2v) is 6.42. The molecule has 1 aliphatic heterocycles. The Hall–Kier alpha value is 0.0700. The van der Waals surface area contributed by atoms with Crippen LogP contribution in [0.3, 0.4) is 0 Å². The van der Waals surface area contributed by atoms with Crippen LogP contribution in [0.5, 0.6) is 0 Å². The largest absolute Gasteiger partial charge is 0.353 e. The third-order valence-corrected chi connectivity index (χ3v) is 4.70. The van der Waals surface area contributed by atoms with E-state index < -0.39 is 5.54 Å². The van der Waals surface area contributed by atoms with E-state index in [1.807, 2.05) is 11.8 Å². The van der Waals surface area contributed by atoms with Crippen LogP contribution >= 0.6 is 24.2 Å². The second kappa shape index (κ2) is 4.52. The van der Waals surface area contributed by atoms with Gasteiger partial charge in [-0.25, -0.2) is 0 Å². The van der Waals surface area contributed by atoms with Gasteiger partial charge in [0, 0.05) is 11.3 Å². The van der Waals surface area contributed by atoms with Gasteiger partial charge in [-0.3, -0.25) is 4.79 Å². The van der Waals surface area contributed by atoms with E-state index in [4.69, 9.17) is 5.73 Å². The van der Waals surface area contributed by atoms with Crippen molar-refractivity contribution in [3.8, 4) is 0 Å². The van der Waals surface area contributed by atoms with Crippen molar-refractivity contribution in [3.63, 3.8) is 0 Å². The van der Waals surface area contributed by atoms with Crippen molar-refractivity contribution in [1.29, 1.82) is 0 Å². The van der Waals surface area contributed by atoms with E-state index in [1.165, 1.54) is 18.6 Å². The van der Waals surface area contributed by atoms with Crippen molar-refractivity contribution >= 4 is 30.1 Å². The smallest absolute Gasteiger partial charge is 0.240 e. The molecule has 88 valence electrons. The number of carbonyl (C=O) groups excluding carboxylic acids is 1. The average Bonchev–Trinajstić information content (AvgIpc) is 2.75. The highest BCUT2D eigenvalue weighted by Gasteiger charge is 2.46. The normalized spacial score (nSPS) is 31.9. The van der Waals surface area contributed by atoms with Crippen LogP contribution in [-0.4, -0.2) is 28.5 Å². The first kappa shape index (κ1) is 13.1. The first-order valence-corrected chi connectivity index (χ1v) is 6.24. The SMILES string of the molecule is CC1(CNC(=O)C2(N)CC2)CCCS1.Cl. The lowest BCUT2D eigenvalue weighted by molar-refractivity contribution is -0.123. The van der Waals surface area contributed by atoms with Gasteiger partial charge in [0.25, 0.3) is 0 Å². The van der Waals surface area contributed by atoms with Crippen LogP contribution in [0.15, 0.2) is 0 Å². The lowest BCUT2D eigenvalue weighted by Crippen LogP contribution is -2.46. The second-order valence-electron chi connectivity index (χ2n) is 4.74. The molecular weight excluding hydrogens is 232 g/mol. The molecule has 0 radical (unpaired) electrons. The molecule has 5 heteroatoms. The fraction of sp³-hybridized carbons (Fsp3) is 0.900. The van der Waals surface area contributed by atoms with Crippen LogP contribution in [0, 0.1) is 0 Å². The van der Waals surface area contributed by atoms with Gasteiger partial charge in [-0.05, 0) is 38.4 Å². The van der Waals surface area contributed by atoms with Crippen molar-refractivity contribution in [1.82, 2.24) is 5.32 Å². The van der Waals surface area contributed by atoms with Crippen LogP contribution in [0.25, 0.3) is 0 Å². The zero-order chi connectivity index (χ0) is 10.2. The van der Waals surface area contributed by atoms with Gasteiger partial charge < -0.3 is 11.1 Å². The summed E-state index contributed by atoms with van der Waals surface area (Å²) in [6.45, 7) is 3.00. The van der Waals surface area contributed by atoms with E-state index >= 15 is 0 Å². The predicted octanol–water partition coefficient (Wildman–Crippen LogP) is 1.30. The van der Waals surface area contributed by atoms with Gasteiger partial charge >= 0.3 is 0 Å². The highest BCUT2D eigenvalue weighted by Crippen LogP contribution is 2.37. The van der Waals surface area contributed by atoms with Gasteiger partial charge in [0.05, 0.1) is 5.54 Å². The lowest BCUT2D eigenvalue weighted by atomic mass is 10.1. The fourth-order valence-electron chi connectivity index (χ4n) is 1.78. The van der Waals surface area contributed by atoms with E-state index in [0.717, 1.165) is 19.4 Å². The molecule has 1 heterocycles. The standard InChI is InChI=1S/C10H18N2OS.ClH/c1-9(3-2-6-14-9)7-12-8(13)10(11)4-5-10;/h2-7,11H2,1H3,(H,12,13);1H. The Labute approximate surface area is 101 Å². The Morgan fingerprint density at radius 2 is 2.13 bits per heavy atom. The molecule has 2 rings (SSSR count). The van der Waals surface area contributed by atoms with Gasteiger partial charge in [-0.2, -0.15) is 11.8 Å². The monoisotopic (exact) mass is 250 g/mol. The first-order valence-electron chi connectivity index (χ1n) is 5.25. The van der Waals surface area contributed by atoms with Crippen molar-refractivity contribution in [2.45, 2.75) is 42.9 Å². The fourth-order valence-corrected chi connectivity index (χ4v) is 3.03. The van der Waals surface area contributed by atoms with E-state index in [-0.39, 0.29) is 23.1 Å². The number of thioether (sulfide) groups is 1. The summed E-state index contributed by atoms with van der Waals surface area (Å²) in [4.78, 5) is 11.6. The van der Waals surface area contributed by atoms with E-state index in [1.54, 1.807) is 0 Å². The minimum absolute atomic E-state index is 0. The summed E-state index contributed by atoms with van der Waals surface area (Å²) in [6.07, 6.45) is 4.17. The van der Waals surface area contributed by atoms with E-state index in [2.05, 4.69) is 12.2 Å². The molecule has 2 aliphatic rings. The summed E-state index contributed by atoms with van der Waals surface area (Å²) in [5.74, 6) is 1.27. The highest BCUT2D eigenvalue weighted by molar-refractivity contribution is 8.00. The molecule has 0 aromatic carbocycles. The molecule has 1 unspecified atom stereocenters. The van der Waals surface area contributed by atoms with Gasteiger partial charge in [0.2, 0.25) is 5.91 Å². The Bertz CT molecular complexity index is 250. The molecule has 0 spiro atoms. The molecule has 0 bridgehead atoms. The van der Waals surface area contributed by atoms with Gasteiger partial charge in [-0.1, -0.05) is 0 Å². The minimum atomic E-state index is -0.514. The van der Waals surface area contributed by atoms with Crippen LogP contribution in [0.2, 0.25) is 0 Å². The average molecular weight is 251 g/mol. The van der Waals surface area contributed by atoms with Crippen LogP contribution in [-0.2, 0) is 4.79 Å². The molecule has 3 N–H and O–H groups in total. The van der Waals surface area contributed by atoms with Crippen molar-refractivity contribution < 1.29 is 4.79 Å². The highest BCUT2D eigenvalue weighted by atomic mass is 35.5. The molecule has 1 atom stereocenters. The number of amides is 1. The number of nitrogens with one attached hydrogen (secondary N) is 1. The summed E-state index contributed by atoms with van der Waals surface area (Å²) in [5.41, 5.74) is 5.28. The van der Waals surface area contributed by atoms with Crippen molar-refractivity contribution in [3.05, 3.63) is 0 Å². The molecule has 1 aliphatic carbocycles. The summed E-state index contributed by atoms with van der Waals surface area (Å²) in [5, 5.41) is 2.98. The summed E-state index contributed by atoms with van der Waals surface area (Å²) in [7, 11) is 0.